The molecule has 2 unspecified atom stereocenters. The number of hydrogen-bond acceptors (Lipinski definition) is 3. The lowest BCUT2D eigenvalue weighted by atomic mass is 9.93. The monoisotopic (exact) mass is 393 g/mol. The molecular formula is C20H22F3N3O2. The Labute approximate surface area is 159 Å². The molecule has 1 aromatic carbocycles. The van der Waals surface area contributed by atoms with Crippen LogP contribution in [0, 0.1) is 17.8 Å². The Morgan fingerprint density at radius 2 is 2.04 bits per heavy atom. The van der Waals surface area contributed by atoms with Crippen molar-refractivity contribution >= 4 is 16.9 Å². The first kappa shape index (κ1) is 17.8. The number of aromatic amines is 1. The molecule has 0 bridgehead atoms. The van der Waals surface area contributed by atoms with Crippen molar-refractivity contribution in [2.45, 2.75) is 50.9 Å². The van der Waals surface area contributed by atoms with Crippen LogP contribution in [0.5, 0.6) is 5.75 Å². The summed E-state index contributed by atoms with van der Waals surface area (Å²) in [6.07, 6.45) is 2.75. The maximum atomic E-state index is 13.8. The predicted octanol–water partition coefficient (Wildman–Crippen LogP) is 4.48. The Morgan fingerprint density at radius 1 is 1.25 bits per heavy atom. The Hall–Kier alpha value is -2.22. The first-order valence-electron chi connectivity index (χ1n) is 9.79. The summed E-state index contributed by atoms with van der Waals surface area (Å²) in [7, 11) is 0. The highest BCUT2D eigenvalue weighted by Gasteiger charge is 2.42. The van der Waals surface area contributed by atoms with Crippen molar-refractivity contribution in [3.05, 3.63) is 30.0 Å². The minimum absolute atomic E-state index is 0.0527. The highest BCUT2D eigenvalue weighted by atomic mass is 19.4. The zero-order valence-electron chi connectivity index (χ0n) is 15.2. The van der Waals surface area contributed by atoms with Crippen molar-refractivity contribution in [2.24, 2.45) is 22.7 Å². The lowest BCUT2D eigenvalue weighted by molar-refractivity contribution is -0.137. The number of fused-ring (bicyclic) bond motifs is 1. The van der Waals surface area contributed by atoms with E-state index in [-0.39, 0.29) is 23.1 Å². The minimum Gasteiger partial charge on any atom is -0.442 e. The van der Waals surface area contributed by atoms with Gasteiger partial charge in [-0.15, -0.1) is 0 Å². The van der Waals surface area contributed by atoms with Gasteiger partial charge in [0.15, 0.2) is 0 Å². The summed E-state index contributed by atoms with van der Waals surface area (Å²) in [6, 6.07) is 3.02. The Bertz CT molecular complexity index is 948. The van der Waals surface area contributed by atoms with Crippen LogP contribution < -0.4 is 4.74 Å². The standard InChI is InChI=1S/C20H22F3N3O2/c21-20(22,23)16-15(8-7-14-17(16)25-26(14)10-11-3-4-11)28-19-13(2-1-9-24-19)18(27)12-5-6-12/h1,7-9,11-13,18,25,27H,2-6,10H2. The van der Waals surface area contributed by atoms with Crippen molar-refractivity contribution in [1.82, 2.24) is 9.78 Å². The van der Waals surface area contributed by atoms with E-state index >= 15 is 0 Å². The number of H-pyrrole nitrogens is 1. The maximum absolute atomic E-state index is 13.8. The van der Waals surface area contributed by atoms with Gasteiger partial charge in [0.1, 0.15) is 11.3 Å². The molecule has 5 nitrogen and oxygen atoms in total. The number of ether oxygens (including phenoxy) is 1. The van der Waals surface area contributed by atoms with Crippen molar-refractivity contribution in [2.75, 3.05) is 0 Å². The summed E-state index contributed by atoms with van der Waals surface area (Å²) in [5, 5.41) is 13.3. The van der Waals surface area contributed by atoms with Crippen LogP contribution in [0.2, 0.25) is 0 Å². The average molecular weight is 393 g/mol. The van der Waals surface area contributed by atoms with Gasteiger partial charge in [0.05, 0.1) is 23.1 Å². The third kappa shape index (κ3) is 3.23. The van der Waals surface area contributed by atoms with Gasteiger partial charge in [0, 0.05) is 12.7 Å². The van der Waals surface area contributed by atoms with Crippen molar-refractivity contribution in [3.8, 4) is 5.75 Å². The van der Waals surface area contributed by atoms with Crippen molar-refractivity contribution in [3.63, 3.8) is 0 Å². The molecule has 0 saturated heterocycles. The molecule has 0 radical (unpaired) electrons. The van der Waals surface area contributed by atoms with Crippen LogP contribution in [0.1, 0.15) is 37.7 Å². The Kier molecular flexibility index (Phi) is 4.08. The number of aliphatic hydroxyl groups excluding tert-OH is 1. The molecule has 150 valence electrons. The molecule has 2 aromatic rings. The summed E-state index contributed by atoms with van der Waals surface area (Å²) in [5.74, 6) is 0.207. The van der Waals surface area contributed by atoms with Crippen LogP contribution in [-0.2, 0) is 12.7 Å². The minimum atomic E-state index is -4.56. The van der Waals surface area contributed by atoms with E-state index in [1.807, 2.05) is 6.08 Å². The van der Waals surface area contributed by atoms with E-state index in [0.29, 0.717) is 17.9 Å². The second-order valence-corrected chi connectivity index (χ2v) is 8.12. The quantitative estimate of drug-likeness (QED) is 0.787. The maximum Gasteiger partial charge on any atom is 0.422 e. The summed E-state index contributed by atoms with van der Waals surface area (Å²) in [6.45, 7) is 0.720. The van der Waals surface area contributed by atoms with Crippen LogP contribution in [0.4, 0.5) is 13.2 Å². The fourth-order valence-corrected chi connectivity index (χ4v) is 3.92. The van der Waals surface area contributed by atoms with Gasteiger partial charge in [-0.1, -0.05) is 6.08 Å². The molecule has 2 aliphatic carbocycles. The van der Waals surface area contributed by atoms with Gasteiger partial charge in [-0.2, -0.15) is 13.2 Å². The molecule has 8 heteroatoms. The van der Waals surface area contributed by atoms with Crippen LogP contribution in [0.15, 0.2) is 29.4 Å². The predicted molar refractivity (Wildman–Crippen MR) is 98.1 cm³/mol. The lowest BCUT2D eigenvalue weighted by Crippen LogP contribution is -2.34. The Balaban J connectivity index is 1.47. The molecule has 1 aliphatic heterocycles. The summed E-state index contributed by atoms with van der Waals surface area (Å²) in [4.78, 5) is 4.15. The molecule has 3 aliphatic rings. The van der Waals surface area contributed by atoms with E-state index in [4.69, 9.17) is 4.74 Å². The molecule has 2 N–H and O–H groups in total. The van der Waals surface area contributed by atoms with Crippen molar-refractivity contribution in [1.29, 1.82) is 0 Å². The number of rotatable bonds is 5. The molecule has 0 amide bonds. The number of aromatic nitrogens is 2. The van der Waals surface area contributed by atoms with E-state index < -0.39 is 23.8 Å². The number of nitrogens with zero attached hydrogens (tertiary/aromatic N) is 2. The lowest BCUT2D eigenvalue weighted by Gasteiger charge is -2.27. The van der Waals surface area contributed by atoms with Gasteiger partial charge in [-0.05, 0) is 56.1 Å². The van der Waals surface area contributed by atoms with Gasteiger partial charge in [0.25, 0.3) is 0 Å². The highest BCUT2D eigenvalue weighted by Crippen LogP contribution is 2.43. The number of allylic oxidation sites excluding steroid dienone is 1. The summed E-state index contributed by atoms with van der Waals surface area (Å²) < 4.78 is 48.9. The molecule has 0 spiro atoms. The second-order valence-electron chi connectivity index (χ2n) is 8.12. The third-order valence-corrected chi connectivity index (χ3v) is 5.85. The van der Waals surface area contributed by atoms with Crippen LogP contribution in [0.25, 0.3) is 11.0 Å². The molecule has 28 heavy (non-hydrogen) atoms. The van der Waals surface area contributed by atoms with Gasteiger partial charge in [-0.25, -0.2) is 4.99 Å². The second kappa shape index (κ2) is 6.40. The number of aliphatic hydroxyl groups is 1. The molecule has 2 heterocycles. The molecular weight excluding hydrogens is 371 g/mol. The van der Waals surface area contributed by atoms with Crippen LogP contribution in [-0.4, -0.2) is 26.9 Å². The van der Waals surface area contributed by atoms with Gasteiger partial charge >= 0.3 is 6.18 Å². The molecule has 2 atom stereocenters. The zero-order chi connectivity index (χ0) is 19.5. The number of benzene rings is 1. The van der Waals surface area contributed by atoms with E-state index in [0.717, 1.165) is 32.2 Å². The summed E-state index contributed by atoms with van der Waals surface area (Å²) >= 11 is 0. The number of nitrogens with one attached hydrogen (secondary N) is 1. The Morgan fingerprint density at radius 3 is 2.71 bits per heavy atom. The zero-order valence-corrected chi connectivity index (χ0v) is 15.2. The normalized spacial score (nSPS) is 23.9. The van der Waals surface area contributed by atoms with Crippen molar-refractivity contribution < 1.29 is 23.0 Å². The molecule has 2 fully saturated rings. The van der Waals surface area contributed by atoms with E-state index in [1.54, 1.807) is 10.7 Å². The van der Waals surface area contributed by atoms with E-state index in [9.17, 15) is 18.3 Å². The number of alkyl halides is 3. The third-order valence-electron chi connectivity index (χ3n) is 5.85. The van der Waals surface area contributed by atoms with Gasteiger partial charge < -0.3 is 9.84 Å². The number of halogens is 3. The highest BCUT2D eigenvalue weighted by molar-refractivity contribution is 5.88. The van der Waals surface area contributed by atoms with Gasteiger partial charge in [-0.3, -0.25) is 9.78 Å². The van der Waals surface area contributed by atoms with E-state index in [1.165, 1.54) is 12.3 Å². The smallest absolute Gasteiger partial charge is 0.422 e. The van der Waals surface area contributed by atoms with E-state index in [2.05, 4.69) is 10.1 Å². The fourth-order valence-electron chi connectivity index (χ4n) is 3.92. The van der Waals surface area contributed by atoms with Crippen LogP contribution >= 0.6 is 0 Å². The largest absolute Gasteiger partial charge is 0.442 e. The SMILES string of the molecule is OC(C1CC1)C1CC=CN=C1Oc1ccc2c([nH]n2CC2CC2)c1C(F)(F)F. The number of hydrogen-bond donors (Lipinski definition) is 2. The average Bonchev–Trinajstić information content (AvgIpc) is 3.53. The molecule has 1 aromatic heterocycles. The topological polar surface area (TPSA) is 62.5 Å². The fraction of sp³-hybridized carbons (Fsp3) is 0.550. The number of aliphatic imine (C=N–C) groups is 1. The molecule has 5 rings (SSSR count). The van der Waals surface area contributed by atoms with Crippen LogP contribution in [0.3, 0.4) is 0 Å². The summed E-state index contributed by atoms with van der Waals surface area (Å²) in [5.41, 5.74) is -0.211. The first-order chi connectivity index (χ1) is 13.4. The first-order valence-corrected chi connectivity index (χ1v) is 9.79. The molecule has 2 saturated carbocycles. The van der Waals surface area contributed by atoms with Gasteiger partial charge in [0.2, 0.25) is 5.90 Å².